The number of rotatable bonds is 5. The fourth-order valence-corrected chi connectivity index (χ4v) is 3.28. The second kappa shape index (κ2) is 7.39. The molecule has 1 heterocycles. The number of likely N-dealkylation sites (tertiary alicyclic amines) is 1. The van der Waals surface area contributed by atoms with Gasteiger partial charge in [0.05, 0.1) is 11.4 Å². The molecular weight excluding hydrogens is 316 g/mol. The van der Waals surface area contributed by atoms with Crippen molar-refractivity contribution in [1.29, 1.82) is 0 Å². The molecule has 23 heavy (non-hydrogen) atoms. The monoisotopic (exact) mass is 340 g/mol. The molecule has 0 radical (unpaired) electrons. The number of benzene rings is 1. The summed E-state index contributed by atoms with van der Waals surface area (Å²) in [6.07, 6.45) is 2.17. The van der Waals surface area contributed by atoms with Gasteiger partial charge in [-0.1, -0.05) is 6.07 Å². The summed E-state index contributed by atoms with van der Waals surface area (Å²) in [5.74, 6) is -0.156. The minimum Gasteiger partial charge on any atom is -0.325 e. The van der Waals surface area contributed by atoms with Crippen LogP contribution in [0.3, 0.4) is 0 Å². The van der Waals surface area contributed by atoms with Crippen molar-refractivity contribution < 1.29 is 13.2 Å². The fraction of sp³-hybridized carbons (Fsp3) is 0.533. The molecule has 0 bridgehead atoms. The third kappa shape index (κ3) is 5.00. The minimum absolute atomic E-state index is 0.00776. The highest BCUT2D eigenvalue weighted by Gasteiger charge is 2.20. The molecule has 128 valence electrons. The van der Waals surface area contributed by atoms with Crippen molar-refractivity contribution >= 4 is 21.6 Å². The van der Waals surface area contributed by atoms with Crippen LogP contribution < -0.4 is 15.8 Å². The Morgan fingerprint density at radius 1 is 1.43 bits per heavy atom. The Hall–Kier alpha value is -1.48. The lowest BCUT2D eigenvalue weighted by Crippen LogP contribution is -2.46. The molecule has 8 heteroatoms. The lowest BCUT2D eigenvalue weighted by Gasteiger charge is -2.31. The Morgan fingerprint density at radius 2 is 2.17 bits per heavy atom. The number of amides is 1. The Morgan fingerprint density at radius 3 is 2.83 bits per heavy atom. The number of hydrogen-bond acceptors (Lipinski definition) is 5. The van der Waals surface area contributed by atoms with Crippen LogP contribution in [0, 0.1) is 6.92 Å². The smallest absolute Gasteiger partial charge is 0.238 e. The van der Waals surface area contributed by atoms with E-state index in [1.807, 2.05) is 7.05 Å². The van der Waals surface area contributed by atoms with E-state index in [0.717, 1.165) is 31.5 Å². The summed E-state index contributed by atoms with van der Waals surface area (Å²) in [5, 5.41) is 11.1. The van der Waals surface area contributed by atoms with Gasteiger partial charge in [-0.2, -0.15) is 0 Å². The Bertz CT molecular complexity index is 675. The predicted molar refractivity (Wildman–Crippen MR) is 89.7 cm³/mol. The lowest BCUT2D eigenvalue weighted by molar-refractivity contribution is -0.117. The van der Waals surface area contributed by atoms with Gasteiger partial charge in [0, 0.05) is 18.3 Å². The number of aryl methyl sites for hydroxylation is 1. The molecule has 0 aromatic heterocycles. The first-order chi connectivity index (χ1) is 10.8. The number of primary sulfonamides is 1. The van der Waals surface area contributed by atoms with Crippen LogP contribution in [0.5, 0.6) is 0 Å². The Kier molecular flexibility index (Phi) is 5.74. The van der Waals surface area contributed by atoms with E-state index >= 15 is 0 Å². The van der Waals surface area contributed by atoms with E-state index in [2.05, 4.69) is 15.5 Å². The molecule has 1 aliphatic heterocycles. The van der Waals surface area contributed by atoms with Gasteiger partial charge in [0.15, 0.2) is 0 Å². The van der Waals surface area contributed by atoms with Gasteiger partial charge in [-0.25, -0.2) is 13.6 Å². The van der Waals surface area contributed by atoms with Crippen LogP contribution in [0.1, 0.15) is 18.4 Å². The molecule has 1 unspecified atom stereocenters. The molecule has 1 saturated heterocycles. The summed E-state index contributed by atoms with van der Waals surface area (Å²) in [6.45, 7) is 3.82. The van der Waals surface area contributed by atoms with Crippen LogP contribution in [0.25, 0.3) is 0 Å². The highest BCUT2D eigenvalue weighted by Crippen LogP contribution is 2.19. The third-order valence-electron chi connectivity index (χ3n) is 4.09. The number of nitrogens with two attached hydrogens (primary N) is 1. The molecule has 1 aromatic rings. The SMILES string of the molecule is CNC1CCCN(CC(=O)Nc2cc(S(N)(=O)=O)ccc2C)C1. The van der Waals surface area contributed by atoms with E-state index in [4.69, 9.17) is 5.14 Å². The van der Waals surface area contributed by atoms with Crippen molar-refractivity contribution in [2.24, 2.45) is 5.14 Å². The van der Waals surface area contributed by atoms with Gasteiger partial charge in [-0.15, -0.1) is 0 Å². The number of anilines is 1. The summed E-state index contributed by atoms with van der Waals surface area (Å²) < 4.78 is 22.8. The molecule has 0 spiro atoms. The molecule has 1 aromatic carbocycles. The number of sulfonamides is 1. The molecule has 7 nitrogen and oxygen atoms in total. The maximum atomic E-state index is 12.2. The second-order valence-electron chi connectivity index (χ2n) is 5.93. The topological polar surface area (TPSA) is 105 Å². The number of nitrogens with zero attached hydrogens (tertiary/aromatic N) is 1. The van der Waals surface area contributed by atoms with Crippen LogP contribution in [0.15, 0.2) is 23.1 Å². The molecule has 1 fully saturated rings. The van der Waals surface area contributed by atoms with E-state index in [9.17, 15) is 13.2 Å². The van der Waals surface area contributed by atoms with E-state index in [0.29, 0.717) is 11.7 Å². The first kappa shape index (κ1) is 17.9. The van der Waals surface area contributed by atoms with Crippen molar-refractivity contribution in [3.05, 3.63) is 23.8 Å². The summed E-state index contributed by atoms with van der Waals surface area (Å²) in [6, 6.07) is 4.87. The van der Waals surface area contributed by atoms with Crippen molar-refractivity contribution in [3.63, 3.8) is 0 Å². The highest BCUT2D eigenvalue weighted by molar-refractivity contribution is 7.89. The van der Waals surface area contributed by atoms with Crippen molar-refractivity contribution in [3.8, 4) is 0 Å². The van der Waals surface area contributed by atoms with E-state index in [-0.39, 0.29) is 17.3 Å². The molecule has 1 amide bonds. The van der Waals surface area contributed by atoms with E-state index in [1.54, 1.807) is 13.0 Å². The maximum Gasteiger partial charge on any atom is 0.238 e. The summed E-state index contributed by atoms with van der Waals surface area (Å²) >= 11 is 0. The van der Waals surface area contributed by atoms with Crippen LogP contribution in [0.4, 0.5) is 5.69 Å². The molecule has 0 aliphatic carbocycles. The normalized spacial score (nSPS) is 19.5. The highest BCUT2D eigenvalue weighted by atomic mass is 32.2. The number of piperidine rings is 1. The maximum absolute atomic E-state index is 12.2. The summed E-state index contributed by atoms with van der Waals surface area (Å²) in [4.78, 5) is 14.3. The van der Waals surface area contributed by atoms with Gasteiger partial charge in [0.25, 0.3) is 0 Å². The first-order valence-electron chi connectivity index (χ1n) is 7.62. The zero-order valence-corrected chi connectivity index (χ0v) is 14.3. The van der Waals surface area contributed by atoms with Gasteiger partial charge in [0.2, 0.25) is 15.9 Å². The van der Waals surface area contributed by atoms with Crippen LogP contribution in [0.2, 0.25) is 0 Å². The zero-order valence-electron chi connectivity index (χ0n) is 13.5. The number of hydrogen-bond donors (Lipinski definition) is 3. The number of nitrogens with one attached hydrogen (secondary N) is 2. The summed E-state index contributed by atoms with van der Waals surface area (Å²) in [5.41, 5.74) is 1.26. The van der Waals surface area contributed by atoms with Gasteiger partial charge in [0.1, 0.15) is 0 Å². The average Bonchev–Trinajstić information content (AvgIpc) is 2.48. The first-order valence-corrected chi connectivity index (χ1v) is 9.17. The van der Waals surface area contributed by atoms with Crippen LogP contribution in [-0.4, -0.2) is 51.9 Å². The molecule has 4 N–H and O–H groups in total. The summed E-state index contributed by atoms with van der Waals surface area (Å²) in [7, 11) is -1.86. The molecule has 1 atom stereocenters. The second-order valence-corrected chi connectivity index (χ2v) is 7.49. The average molecular weight is 340 g/mol. The molecule has 1 aliphatic rings. The largest absolute Gasteiger partial charge is 0.325 e. The minimum atomic E-state index is -3.79. The number of carbonyl (C=O) groups is 1. The standard InChI is InChI=1S/C15H24N4O3S/c1-11-5-6-13(23(16,21)22)8-14(11)18-15(20)10-19-7-3-4-12(9-19)17-2/h5-6,8,12,17H,3-4,7,9-10H2,1-2H3,(H,18,20)(H2,16,21,22). The van der Waals surface area contributed by atoms with E-state index < -0.39 is 10.0 Å². The van der Waals surface area contributed by atoms with Crippen molar-refractivity contribution in [2.75, 3.05) is 32.0 Å². The van der Waals surface area contributed by atoms with Crippen LogP contribution >= 0.6 is 0 Å². The van der Waals surface area contributed by atoms with Crippen molar-refractivity contribution in [2.45, 2.75) is 30.7 Å². The van der Waals surface area contributed by atoms with E-state index in [1.165, 1.54) is 12.1 Å². The Labute approximate surface area is 137 Å². The molecule has 2 rings (SSSR count). The van der Waals surface area contributed by atoms with Gasteiger partial charge in [-0.05, 0) is 51.1 Å². The molecular formula is C15H24N4O3S. The Balaban J connectivity index is 2.02. The fourth-order valence-electron chi connectivity index (χ4n) is 2.74. The van der Waals surface area contributed by atoms with Gasteiger partial charge in [-0.3, -0.25) is 9.69 Å². The lowest BCUT2D eigenvalue weighted by atomic mass is 10.1. The number of likely N-dealkylation sites (N-methyl/N-ethyl adjacent to an activating group) is 1. The number of carbonyl (C=O) groups excluding carboxylic acids is 1. The predicted octanol–water partition coefficient (Wildman–Crippen LogP) is 0.265. The van der Waals surface area contributed by atoms with Gasteiger partial charge >= 0.3 is 0 Å². The van der Waals surface area contributed by atoms with Crippen LogP contribution in [-0.2, 0) is 14.8 Å². The quantitative estimate of drug-likeness (QED) is 0.713. The molecule has 0 saturated carbocycles. The van der Waals surface area contributed by atoms with Crippen molar-refractivity contribution in [1.82, 2.24) is 10.2 Å². The third-order valence-corrected chi connectivity index (χ3v) is 5.00. The zero-order chi connectivity index (χ0) is 17.0. The van der Waals surface area contributed by atoms with Gasteiger partial charge < -0.3 is 10.6 Å².